The number of methoxy groups -OCH3 is 1. The molecule has 0 unspecified atom stereocenters. The molecule has 0 heterocycles. The average Bonchev–Trinajstić information content (AvgIpc) is 2.59. The van der Waals surface area contributed by atoms with E-state index >= 15 is 0 Å². The van der Waals surface area contributed by atoms with Gasteiger partial charge in [-0.25, -0.2) is 9.59 Å². The predicted octanol–water partition coefficient (Wildman–Crippen LogP) is 4.25. The fourth-order valence-corrected chi connectivity index (χ4v) is 3.48. The van der Waals surface area contributed by atoms with Gasteiger partial charge in [-0.05, 0) is 42.2 Å². The van der Waals surface area contributed by atoms with Gasteiger partial charge in [-0.2, -0.15) is 0 Å². The first-order valence-electron chi connectivity index (χ1n) is 8.98. The van der Waals surface area contributed by atoms with E-state index in [-0.39, 0.29) is 11.7 Å². The standard InChI is InChI=1S/C21H28O4/c1-14(2)17-11-10-15(3)12-19(17)25-21(23)18(20(22)24-4)13-16-8-6-5-7-9-16/h5-9,13-15,17,19H,10-12H2,1-4H3/b18-13+/t15-,17+,19-/m1/s1. The van der Waals surface area contributed by atoms with Crippen LogP contribution in [0.3, 0.4) is 0 Å². The summed E-state index contributed by atoms with van der Waals surface area (Å²) in [5.41, 5.74) is 0.701. The Morgan fingerprint density at radius 1 is 1.12 bits per heavy atom. The normalized spacial score (nSPS) is 24.0. The first kappa shape index (κ1) is 19.2. The fraction of sp³-hybridized carbons (Fsp3) is 0.524. The van der Waals surface area contributed by atoms with Crippen LogP contribution in [0.25, 0.3) is 6.08 Å². The summed E-state index contributed by atoms with van der Waals surface area (Å²) in [6.45, 7) is 6.49. The zero-order valence-corrected chi connectivity index (χ0v) is 15.5. The molecular weight excluding hydrogens is 316 g/mol. The molecule has 4 heteroatoms. The summed E-state index contributed by atoms with van der Waals surface area (Å²) in [6.07, 6.45) is 4.42. The number of esters is 2. The lowest BCUT2D eigenvalue weighted by Crippen LogP contribution is -2.36. The number of hydrogen-bond acceptors (Lipinski definition) is 4. The van der Waals surface area contributed by atoms with Gasteiger partial charge in [0.05, 0.1) is 7.11 Å². The Labute approximate surface area is 150 Å². The smallest absolute Gasteiger partial charge is 0.345 e. The van der Waals surface area contributed by atoms with Gasteiger partial charge in [0.2, 0.25) is 0 Å². The molecule has 0 N–H and O–H groups in total. The third-order valence-electron chi connectivity index (χ3n) is 4.96. The van der Waals surface area contributed by atoms with Crippen molar-refractivity contribution in [2.45, 2.75) is 46.1 Å². The van der Waals surface area contributed by atoms with Crippen LogP contribution in [-0.4, -0.2) is 25.2 Å². The van der Waals surface area contributed by atoms with Crippen molar-refractivity contribution in [3.8, 4) is 0 Å². The van der Waals surface area contributed by atoms with Gasteiger partial charge >= 0.3 is 11.9 Å². The van der Waals surface area contributed by atoms with Crippen LogP contribution >= 0.6 is 0 Å². The molecule has 3 atom stereocenters. The Kier molecular flexibility index (Phi) is 6.80. The summed E-state index contributed by atoms with van der Waals surface area (Å²) in [5, 5.41) is 0. The van der Waals surface area contributed by atoms with Crippen molar-refractivity contribution in [3.05, 3.63) is 41.5 Å². The second-order valence-corrected chi connectivity index (χ2v) is 7.23. The van der Waals surface area contributed by atoms with E-state index in [1.807, 2.05) is 30.3 Å². The summed E-state index contributed by atoms with van der Waals surface area (Å²) in [4.78, 5) is 24.8. The topological polar surface area (TPSA) is 52.6 Å². The number of ether oxygens (including phenoxy) is 2. The van der Waals surface area contributed by atoms with Crippen LogP contribution in [0.2, 0.25) is 0 Å². The highest BCUT2D eigenvalue weighted by molar-refractivity contribution is 6.17. The molecule has 1 aliphatic carbocycles. The van der Waals surface area contributed by atoms with Crippen LogP contribution < -0.4 is 0 Å². The molecule has 1 fully saturated rings. The van der Waals surface area contributed by atoms with E-state index in [4.69, 9.17) is 9.47 Å². The first-order valence-corrected chi connectivity index (χ1v) is 8.98. The summed E-state index contributed by atoms with van der Waals surface area (Å²) in [7, 11) is 1.27. The van der Waals surface area contributed by atoms with Crippen molar-refractivity contribution in [1.82, 2.24) is 0 Å². The highest BCUT2D eigenvalue weighted by Crippen LogP contribution is 2.35. The summed E-state index contributed by atoms with van der Waals surface area (Å²) >= 11 is 0. The largest absolute Gasteiger partial charge is 0.465 e. The average molecular weight is 344 g/mol. The highest BCUT2D eigenvalue weighted by atomic mass is 16.6. The molecule has 0 bridgehead atoms. The summed E-state index contributed by atoms with van der Waals surface area (Å²) < 4.78 is 10.6. The Balaban J connectivity index is 2.21. The maximum absolute atomic E-state index is 12.7. The molecule has 0 radical (unpaired) electrons. The minimum absolute atomic E-state index is 0.0607. The first-order chi connectivity index (χ1) is 11.9. The van der Waals surface area contributed by atoms with Gasteiger partial charge in [0, 0.05) is 0 Å². The van der Waals surface area contributed by atoms with Crippen molar-refractivity contribution in [2.75, 3.05) is 7.11 Å². The Hall–Kier alpha value is -2.10. The zero-order valence-electron chi connectivity index (χ0n) is 15.5. The Morgan fingerprint density at radius 2 is 1.80 bits per heavy atom. The predicted molar refractivity (Wildman–Crippen MR) is 97.7 cm³/mol. The molecular formula is C21H28O4. The van der Waals surface area contributed by atoms with Crippen molar-refractivity contribution in [3.63, 3.8) is 0 Å². The molecule has 0 saturated heterocycles. The van der Waals surface area contributed by atoms with Crippen LogP contribution in [0.5, 0.6) is 0 Å². The minimum Gasteiger partial charge on any atom is -0.465 e. The van der Waals surface area contributed by atoms with Crippen LogP contribution in [-0.2, 0) is 19.1 Å². The lowest BCUT2D eigenvalue weighted by Gasteiger charge is -2.36. The molecule has 1 aromatic rings. The van der Waals surface area contributed by atoms with E-state index in [1.54, 1.807) is 0 Å². The number of carbonyl (C=O) groups excluding carboxylic acids is 2. The SMILES string of the molecule is COC(=O)/C(=C\c1ccccc1)C(=O)O[C@@H]1C[C@H](C)CC[C@H]1C(C)C. The van der Waals surface area contributed by atoms with E-state index in [2.05, 4.69) is 20.8 Å². The molecule has 0 aromatic heterocycles. The van der Waals surface area contributed by atoms with E-state index in [1.165, 1.54) is 13.2 Å². The minimum atomic E-state index is -0.668. The lowest BCUT2D eigenvalue weighted by molar-refractivity contribution is -0.154. The van der Waals surface area contributed by atoms with Gasteiger partial charge in [0.15, 0.2) is 0 Å². The van der Waals surface area contributed by atoms with Crippen LogP contribution in [0.15, 0.2) is 35.9 Å². The number of rotatable bonds is 5. The zero-order chi connectivity index (χ0) is 18.4. The van der Waals surface area contributed by atoms with E-state index < -0.39 is 11.9 Å². The maximum Gasteiger partial charge on any atom is 0.345 e. The second-order valence-electron chi connectivity index (χ2n) is 7.23. The van der Waals surface area contributed by atoms with Gasteiger partial charge in [-0.1, -0.05) is 57.5 Å². The molecule has 1 aromatic carbocycles. The molecule has 0 aliphatic heterocycles. The molecule has 25 heavy (non-hydrogen) atoms. The maximum atomic E-state index is 12.7. The van der Waals surface area contributed by atoms with Crippen molar-refractivity contribution >= 4 is 18.0 Å². The van der Waals surface area contributed by atoms with E-state index in [0.29, 0.717) is 17.8 Å². The summed E-state index contributed by atoms with van der Waals surface area (Å²) in [6, 6.07) is 9.24. The molecule has 136 valence electrons. The molecule has 0 spiro atoms. The van der Waals surface area contributed by atoms with E-state index in [9.17, 15) is 9.59 Å². The second kappa shape index (κ2) is 8.84. The van der Waals surface area contributed by atoms with Gasteiger partial charge in [-0.3, -0.25) is 0 Å². The van der Waals surface area contributed by atoms with Gasteiger partial charge in [0.25, 0.3) is 0 Å². The highest BCUT2D eigenvalue weighted by Gasteiger charge is 2.35. The molecule has 4 nitrogen and oxygen atoms in total. The fourth-order valence-electron chi connectivity index (χ4n) is 3.48. The number of carbonyl (C=O) groups is 2. The van der Waals surface area contributed by atoms with Crippen LogP contribution in [0, 0.1) is 17.8 Å². The molecule has 1 saturated carbocycles. The van der Waals surface area contributed by atoms with Gasteiger partial charge in [-0.15, -0.1) is 0 Å². The van der Waals surface area contributed by atoms with E-state index in [0.717, 1.165) is 24.8 Å². The van der Waals surface area contributed by atoms with Gasteiger partial charge < -0.3 is 9.47 Å². The number of hydrogen-bond donors (Lipinski definition) is 0. The van der Waals surface area contributed by atoms with Crippen molar-refractivity contribution in [2.24, 2.45) is 17.8 Å². The molecule has 1 aliphatic rings. The van der Waals surface area contributed by atoms with Crippen molar-refractivity contribution in [1.29, 1.82) is 0 Å². The number of benzene rings is 1. The third kappa shape index (κ3) is 5.18. The van der Waals surface area contributed by atoms with Gasteiger partial charge in [0.1, 0.15) is 11.7 Å². The molecule has 2 rings (SSSR count). The third-order valence-corrected chi connectivity index (χ3v) is 4.96. The Morgan fingerprint density at radius 3 is 2.40 bits per heavy atom. The monoisotopic (exact) mass is 344 g/mol. The Bertz CT molecular complexity index is 618. The lowest BCUT2D eigenvalue weighted by atomic mass is 9.75. The van der Waals surface area contributed by atoms with Crippen molar-refractivity contribution < 1.29 is 19.1 Å². The quantitative estimate of drug-likeness (QED) is 0.347. The van der Waals surface area contributed by atoms with Crippen LogP contribution in [0.1, 0.15) is 45.6 Å². The summed E-state index contributed by atoms with van der Waals surface area (Å²) in [5.74, 6) is 0.0208. The molecule has 0 amide bonds. The van der Waals surface area contributed by atoms with Crippen LogP contribution in [0.4, 0.5) is 0 Å².